The topological polar surface area (TPSA) is 69.6 Å². The molecule has 27 heavy (non-hydrogen) atoms. The molecule has 0 N–H and O–H groups in total. The minimum Gasteiger partial charge on any atom is -0.338 e. The smallest absolute Gasteiger partial charge is 0.244 e. The quantitative estimate of drug-likeness (QED) is 0.777. The maximum atomic E-state index is 13.1. The second kappa shape index (κ2) is 7.92. The van der Waals surface area contributed by atoms with Crippen LogP contribution in [0.25, 0.3) is 0 Å². The van der Waals surface area contributed by atoms with Crippen LogP contribution >= 0.6 is 0 Å². The zero-order valence-corrected chi connectivity index (χ0v) is 17.2. The zero-order chi connectivity index (χ0) is 19.6. The molecule has 1 aromatic carbocycles. The Bertz CT molecular complexity index is 871. The van der Waals surface area contributed by atoms with Crippen LogP contribution < -0.4 is 4.90 Å². The Labute approximate surface area is 161 Å². The lowest BCUT2D eigenvalue weighted by atomic mass is 10.1. The summed E-state index contributed by atoms with van der Waals surface area (Å²) in [6.07, 6.45) is 3.47. The molecule has 1 aliphatic heterocycles. The number of benzene rings is 1. The van der Waals surface area contributed by atoms with Crippen molar-refractivity contribution in [2.45, 2.75) is 25.7 Å². The normalized spacial score (nSPS) is 16.1. The number of sulfonamides is 1. The molecule has 3 rings (SSSR count). The van der Waals surface area contributed by atoms with E-state index in [1.165, 1.54) is 4.31 Å². The van der Waals surface area contributed by atoms with Gasteiger partial charge in [0.15, 0.2) is 0 Å². The van der Waals surface area contributed by atoms with E-state index >= 15 is 0 Å². The summed E-state index contributed by atoms with van der Waals surface area (Å²) in [5.41, 5.74) is 2.67. The van der Waals surface area contributed by atoms with Gasteiger partial charge in [0.05, 0.1) is 11.6 Å². The van der Waals surface area contributed by atoms with Crippen molar-refractivity contribution in [1.82, 2.24) is 19.2 Å². The second-order valence-electron chi connectivity index (χ2n) is 7.13. The monoisotopic (exact) mass is 389 g/mol. The first-order valence-corrected chi connectivity index (χ1v) is 10.5. The molecule has 146 valence electrons. The highest BCUT2D eigenvalue weighted by molar-refractivity contribution is 7.89. The van der Waals surface area contributed by atoms with Gasteiger partial charge in [0.1, 0.15) is 0 Å². The van der Waals surface area contributed by atoms with Crippen LogP contribution in [0.4, 0.5) is 5.95 Å². The van der Waals surface area contributed by atoms with Crippen molar-refractivity contribution < 1.29 is 8.42 Å². The highest BCUT2D eigenvalue weighted by Gasteiger charge is 2.28. The first kappa shape index (κ1) is 19.7. The van der Waals surface area contributed by atoms with Gasteiger partial charge >= 0.3 is 0 Å². The molecule has 0 bridgehead atoms. The van der Waals surface area contributed by atoms with Crippen molar-refractivity contribution in [3.8, 4) is 0 Å². The minimum absolute atomic E-state index is 0.374. The third-order valence-electron chi connectivity index (χ3n) is 4.88. The molecule has 1 saturated heterocycles. The van der Waals surface area contributed by atoms with E-state index in [4.69, 9.17) is 0 Å². The average molecular weight is 390 g/mol. The number of piperazine rings is 1. The lowest BCUT2D eigenvalue weighted by Gasteiger charge is -2.36. The van der Waals surface area contributed by atoms with E-state index in [0.29, 0.717) is 11.6 Å². The number of anilines is 1. The molecule has 7 nitrogen and oxygen atoms in total. The van der Waals surface area contributed by atoms with Gasteiger partial charge in [-0.1, -0.05) is 17.7 Å². The first-order valence-electron chi connectivity index (χ1n) is 9.07. The van der Waals surface area contributed by atoms with Crippen molar-refractivity contribution in [3.63, 3.8) is 0 Å². The molecule has 0 spiro atoms. The summed E-state index contributed by atoms with van der Waals surface area (Å²) in [7, 11) is -1.88. The molecule has 2 heterocycles. The second-order valence-corrected chi connectivity index (χ2v) is 9.11. The van der Waals surface area contributed by atoms with Gasteiger partial charge in [-0.05, 0) is 38.0 Å². The predicted molar refractivity (Wildman–Crippen MR) is 106 cm³/mol. The summed E-state index contributed by atoms with van der Waals surface area (Å²) in [6, 6.07) is 5.65. The van der Waals surface area contributed by atoms with Crippen LogP contribution in [0.2, 0.25) is 0 Å². The fourth-order valence-corrected chi connectivity index (χ4v) is 5.19. The summed E-state index contributed by atoms with van der Waals surface area (Å²) in [5.74, 6) is 0.726. The SMILES string of the molecule is Cc1cc(C)c(S(=O)(=O)N(C)CN2CCN(c3ncccn3)CC2)c(C)c1. The van der Waals surface area contributed by atoms with Crippen LogP contribution in [0.15, 0.2) is 35.5 Å². The summed E-state index contributed by atoms with van der Waals surface area (Å²) >= 11 is 0. The molecular weight excluding hydrogens is 362 g/mol. The van der Waals surface area contributed by atoms with Gasteiger partial charge in [-0.2, -0.15) is 4.31 Å². The summed E-state index contributed by atoms with van der Waals surface area (Å²) < 4.78 is 27.7. The van der Waals surface area contributed by atoms with Crippen LogP contribution in [-0.4, -0.2) is 67.5 Å². The molecule has 1 aromatic heterocycles. The third-order valence-corrected chi connectivity index (χ3v) is 6.98. The molecule has 0 atom stereocenters. The molecule has 0 unspecified atom stereocenters. The number of hydrogen-bond donors (Lipinski definition) is 0. The van der Waals surface area contributed by atoms with Crippen molar-refractivity contribution >= 4 is 16.0 Å². The molecule has 1 aliphatic rings. The number of hydrogen-bond acceptors (Lipinski definition) is 6. The van der Waals surface area contributed by atoms with Gasteiger partial charge in [0, 0.05) is 45.6 Å². The van der Waals surface area contributed by atoms with Crippen LogP contribution in [0.5, 0.6) is 0 Å². The van der Waals surface area contributed by atoms with E-state index in [9.17, 15) is 8.42 Å². The van der Waals surface area contributed by atoms with E-state index in [2.05, 4.69) is 19.8 Å². The largest absolute Gasteiger partial charge is 0.338 e. The van der Waals surface area contributed by atoms with Gasteiger partial charge in [0.2, 0.25) is 16.0 Å². The van der Waals surface area contributed by atoms with Gasteiger partial charge in [0.25, 0.3) is 0 Å². The summed E-state index contributed by atoms with van der Waals surface area (Å²) in [4.78, 5) is 13.3. The van der Waals surface area contributed by atoms with Gasteiger partial charge in [-0.25, -0.2) is 18.4 Å². The van der Waals surface area contributed by atoms with E-state index < -0.39 is 10.0 Å². The lowest BCUT2D eigenvalue weighted by Crippen LogP contribution is -2.50. The van der Waals surface area contributed by atoms with Crippen LogP contribution in [0.1, 0.15) is 16.7 Å². The Balaban J connectivity index is 1.67. The van der Waals surface area contributed by atoms with E-state index in [1.54, 1.807) is 25.5 Å². The fraction of sp³-hybridized carbons (Fsp3) is 0.474. The Morgan fingerprint density at radius 3 is 2.11 bits per heavy atom. The molecule has 1 fully saturated rings. The standard InChI is InChI=1S/C19H27N5O2S/c1-15-12-16(2)18(17(3)13-15)27(25,26)22(4)14-23-8-10-24(11-9-23)19-20-6-5-7-21-19/h5-7,12-13H,8-11,14H2,1-4H3. The molecular formula is C19H27N5O2S. The van der Waals surface area contributed by atoms with E-state index in [1.807, 2.05) is 32.9 Å². The lowest BCUT2D eigenvalue weighted by molar-refractivity contribution is 0.198. The van der Waals surface area contributed by atoms with Crippen LogP contribution in [0.3, 0.4) is 0 Å². The Morgan fingerprint density at radius 1 is 1.00 bits per heavy atom. The van der Waals surface area contributed by atoms with Gasteiger partial charge in [-0.3, -0.25) is 4.90 Å². The maximum Gasteiger partial charge on any atom is 0.244 e. The van der Waals surface area contributed by atoms with E-state index in [0.717, 1.165) is 48.8 Å². The highest BCUT2D eigenvalue weighted by Crippen LogP contribution is 2.25. The Kier molecular flexibility index (Phi) is 5.78. The first-order chi connectivity index (χ1) is 12.8. The third kappa shape index (κ3) is 4.28. The Morgan fingerprint density at radius 2 is 1.56 bits per heavy atom. The molecule has 2 aromatic rings. The number of aromatic nitrogens is 2. The zero-order valence-electron chi connectivity index (χ0n) is 16.4. The molecule has 0 saturated carbocycles. The molecule has 8 heteroatoms. The van der Waals surface area contributed by atoms with Crippen LogP contribution in [-0.2, 0) is 10.0 Å². The minimum atomic E-state index is -3.53. The number of nitrogens with zero attached hydrogens (tertiary/aromatic N) is 5. The van der Waals surface area contributed by atoms with Crippen molar-refractivity contribution in [2.75, 3.05) is 44.8 Å². The maximum absolute atomic E-state index is 13.1. The fourth-order valence-electron chi connectivity index (χ4n) is 3.63. The van der Waals surface area contributed by atoms with Gasteiger partial charge in [-0.15, -0.1) is 0 Å². The predicted octanol–water partition coefficient (Wildman–Crippen LogP) is 1.80. The van der Waals surface area contributed by atoms with Crippen molar-refractivity contribution in [2.24, 2.45) is 0 Å². The van der Waals surface area contributed by atoms with E-state index in [-0.39, 0.29) is 0 Å². The number of rotatable bonds is 5. The molecule has 0 amide bonds. The van der Waals surface area contributed by atoms with Crippen molar-refractivity contribution in [1.29, 1.82) is 0 Å². The summed E-state index contributed by atoms with van der Waals surface area (Å²) in [6.45, 7) is 9.17. The van der Waals surface area contributed by atoms with Gasteiger partial charge < -0.3 is 4.90 Å². The van der Waals surface area contributed by atoms with Crippen molar-refractivity contribution in [3.05, 3.63) is 47.3 Å². The molecule has 0 radical (unpaired) electrons. The highest BCUT2D eigenvalue weighted by atomic mass is 32.2. The molecule has 0 aliphatic carbocycles. The number of aryl methyl sites for hydroxylation is 3. The van der Waals surface area contributed by atoms with Crippen LogP contribution in [0, 0.1) is 20.8 Å². The average Bonchev–Trinajstić information content (AvgIpc) is 2.62. The Hall–Kier alpha value is -2.03. The summed E-state index contributed by atoms with van der Waals surface area (Å²) in [5, 5.41) is 0.